The number of carbonyl (C=O) groups is 1. The molecule has 0 aliphatic carbocycles. The number of hydrazone groups is 1. The number of thiazole rings is 1. The normalized spacial score (nSPS) is 14.4. The summed E-state index contributed by atoms with van der Waals surface area (Å²) in [6.45, 7) is 2.10. The molecule has 4 aromatic carbocycles. The van der Waals surface area contributed by atoms with Gasteiger partial charge in [0.2, 0.25) is 0 Å². The van der Waals surface area contributed by atoms with Gasteiger partial charge in [-0.15, -0.1) is 11.3 Å². The monoisotopic (exact) mass is 607 g/mol. The predicted octanol–water partition coefficient (Wildman–Crippen LogP) is 7.45. The molecule has 1 N–H and O–H groups in total. The molecular formula is C34H29N3O4S2. The first-order valence-corrected chi connectivity index (χ1v) is 15.4. The van der Waals surface area contributed by atoms with Crippen molar-refractivity contribution >= 4 is 51.2 Å². The molecule has 1 amide bonds. The van der Waals surface area contributed by atoms with Gasteiger partial charge in [-0.3, -0.25) is 4.79 Å². The quantitative estimate of drug-likeness (QED) is 0.106. The highest BCUT2D eigenvalue weighted by molar-refractivity contribution is 8.01. The maximum Gasteiger partial charge on any atom is 0.250 e. The van der Waals surface area contributed by atoms with Crippen molar-refractivity contribution in [3.05, 3.63) is 119 Å². The van der Waals surface area contributed by atoms with Gasteiger partial charge in [-0.05, 0) is 54.4 Å². The number of carbonyl (C=O) groups excluding carboxylic acids is 1. The average molecular weight is 608 g/mol. The van der Waals surface area contributed by atoms with E-state index in [1.54, 1.807) is 31.8 Å². The lowest BCUT2D eigenvalue weighted by Gasteiger charge is -2.30. The summed E-state index contributed by atoms with van der Waals surface area (Å²) in [4.78, 5) is 17.4. The number of aromatic nitrogens is 1. The minimum atomic E-state index is -0.224. The van der Waals surface area contributed by atoms with Crippen LogP contribution in [0.25, 0.3) is 16.0 Å². The molecule has 0 radical (unpaired) electrons. The molecule has 216 valence electrons. The molecule has 6 rings (SSSR count). The number of rotatable bonds is 9. The summed E-state index contributed by atoms with van der Waals surface area (Å²) in [5.41, 5.74) is 8.52. The van der Waals surface area contributed by atoms with Gasteiger partial charge in [0.05, 0.1) is 36.4 Å². The molecule has 0 bridgehead atoms. The molecule has 1 aliphatic heterocycles. The van der Waals surface area contributed by atoms with Crippen molar-refractivity contribution in [2.45, 2.75) is 17.2 Å². The first-order chi connectivity index (χ1) is 21.1. The first kappa shape index (κ1) is 28.5. The number of allylic oxidation sites excluding steroid dienone is 1. The van der Waals surface area contributed by atoms with E-state index in [4.69, 9.17) is 14.2 Å². The number of amides is 1. The second-order valence-electron chi connectivity index (χ2n) is 9.81. The van der Waals surface area contributed by atoms with E-state index in [0.29, 0.717) is 17.3 Å². The zero-order chi connectivity index (χ0) is 29.8. The van der Waals surface area contributed by atoms with Gasteiger partial charge >= 0.3 is 0 Å². The van der Waals surface area contributed by atoms with Crippen molar-refractivity contribution in [3.63, 3.8) is 0 Å². The second kappa shape index (κ2) is 12.7. The smallest absolute Gasteiger partial charge is 0.250 e. The van der Waals surface area contributed by atoms with Crippen LogP contribution in [0, 0.1) is 6.92 Å². The Bertz CT molecular complexity index is 1830. The predicted molar refractivity (Wildman–Crippen MR) is 174 cm³/mol. The number of thioether (sulfide) groups is 1. The van der Waals surface area contributed by atoms with Crippen LogP contribution in [0.3, 0.4) is 0 Å². The SMILES string of the molecule is COc1ccc(C2=C(/C=N\NC(=O)CSc3nc4ccccc4s3)[C@@H](c3ccccc3C)c3ccccc3O2)cc1OC. The van der Waals surface area contributed by atoms with Crippen LogP contribution in [0.5, 0.6) is 17.2 Å². The number of benzene rings is 4. The number of hydrogen-bond acceptors (Lipinski definition) is 8. The van der Waals surface area contributed by atoms with E-state index in [1.165, 1.54) is 11.8 Å². The summed E-state index contributed by atoms with van der Waals surface area (Å²) in [6.07, 6.45) is 1.69. The van der Waals surface area contributed by atoms with Gasteiger partial charge in [-0.25, -0.2) is 10.4 Å². The Kier molecular flexibility index (Phi) is 8.44. The lowest BCUT2D eigenvalue weighted by Crippen LogP contribution is -2.22. The molecule has 43 heavy (non-hydrogen) atoms. The molecule has 1 atom stereocenters. The first-order valence-electron chi connectivity index (χ1n) is 13.6. The van der Waals surface area contributed by atoms with Crippen molar-refractivity contribution in [2.24, 2.45) is 5.10 Å². The molecule has 0 unspecified atom stereocenters. The van der Waals surface area contributed by atoms with Crippen LogP contribution in [-0.2, 0) is 4.79 Å². The Morgan fingerprint density at radius 2 is 1.72 bits per heavy atom. The highest BCUT2D eigenvalue weighted by atomic mass is 32.2. The molecule has 1 aliphatic rings. The van der Waals surface area contributed by atoms with Gasteiger partial charge in [-0.1, -0.05) is 66.4 Å². The summed E-state index contributed by atoms with van der Waals surface area (Å²) in [5.74, 6) is 2.36. The number of fused-ring (bicyclic) bond motifs is 2. The third kappa shape index (κ3) is 6.00. The Balaban J connectivity index is 1.35. The van der Waals surface area contributed by atoms with Crippen LogP contribution in [0.4, 0.5) is 0 Å². The molecule has 2 heterocycles. The van der Waals surface area contributed by atoms with Gasteiger partial charge in [0.1, 0.15) is 11.5 Å². The maximum atomic E-state index is 12.8. The molecular weight excluding hydrogens is 579 g/mol. The molecule has 5 aromatic rings. The van der Waals surface area contributed by atoms with Gasteiger partial charge in [-0.2, -0.15) is 5.10 Å². The molecule has 9 heteroatoms. The second-order valence-corrected chi connectivity index (χ2v) is 12.1. The number of hydrogen-bond donors (Lipinski definition) is 1. The van der Waals surface area contributed by atoms with Crippen LogP contribution in [0.1, 0.15) is 28.2 Å². The minimum absolute atomic E-state index is 0.188. The van der Waals surface area contributed by atoms with E-state index in [0.717, 1.165) is 48.1 Å². The topological polar surface area (TPSA) is 82.0 Å². The van der Waals surface area contributed by atoms with E-state index in [-0.39, 0.29) is 17.6 Å². The third-order valence-electron chi connectivity index (χ3n) is 7.15. The number of ether oxygens (including phenoxy) is 3. The highest BCUT2D eigenvalue weighted by Crippen LogP contribution is 2.46. The van der Waals surface area contributed by atoms with Crippen LogP contribution < -0.4 is 19.6 Å². The number of methoxy groups -OCH3 is 2. The molecule has 0 spiro atoms. The average Bonchev–Trinajstić information content (AvgIpc) is 3.47. The zero-order valence-electron chi connectivity index (χ0n) is 23.9. The summed E-state index contributed by atoms with van der Waals surface area (Å²) in [6, 6.07) is 29.9. The number of nitrogens with zero attached hydrogens (tertiary/aromatic N) is 2. The summed E-state index contributed by atoms with van der Waals surface area (Å²) >= 11 is 2.97. The summed E-state index contributed by atoms with van der Waals surface area (Å²) in [7, 11) is 3.21. The van der Waals surface area contributed by atoms with Crippen LogP contribution in [0.2, 0.25) is 0 Å². The van der Waals surface area contributed by atoms with E-state index in [9.17, 15) is 4.79 Å². The summed E-state index contributed by atoms with van der Waals surface area (Å²) in [5, 5.41) is 4.43. The number of para-hydroxylation sites is 2. The Hall–Kier alpha value is -4.60. The molecule has 0 fully saturated rings. The fourth-order valence-corrected chi connectivity index (χ4v) is 6.97. The fourth-order valence-electron chi connectivity index (χ4n) is 5.11. The van der Waals surface area contributed by atoms with Crippen molar-refractivity contribution in [1.82, 2.24) is 10.4 Å². The molecule has 1 aromatic heterocycles. The van der Waals surface area contributed by atoms with Crippen molar-refractivity contribution < 1.29 is 19.0 Å². The largest absolute Gasteiger partial charge is 0.493 e. The standard InChI is InChI=1S/C34H29N3O4S2/c1-21-10-4-5-11-23(21)32-24-12-6-8-14-27(24)41-33(22-16-17-28(39-2)29(18-22)40-3)25(32)19-35-37-31(38)20-42-34-36-26-13-7-9-15-30(26)43-34/h4-19,32H,20H2,1-3H3,(H,37,38)/b35-19-/t32-/m0/s1. The lowest BCUT2D eigenvalue weighted by atomic mass is 9.80. The maximum absolute atomic E-state index is 12.8. The van der Waals surface area contributed by atoms with Crippen LogP contribution >= 0.6 is 23.1 Å². The summed E-state index contributed by atoms with van der Waals surface area (Å²) < 4.78 is 19.6. The van der Waals surface area contributed by atoms with E-state index >= 15 is 0 Å². The number of aryl methyl sites for hydroxylation is 1. The van der Waals surface area contributed by atoms with Gasteiger partial charge in [0.15, 0.2) is 15.8 Å². The zero-order valence-corrected chi connectivity index (χ0v) is 25.5. The Morgan fingerprint density at radius 3 is 2.51 bits per heavy atom. The van der Waals surface area contributed by atoms with Crippen LogP contribution in [-0.4, -0.2) is 37.1 Å². The van der Waals surface area contributed by atoms with E-state index in [2.05, 4.69) is 40.6 Å². The van der Waals surface area contributed by atoms with Crippen LogP contribution in [0.15, 0.2) is 106 Å². The molecule has 0 saturated heterocycles. The fraction of sp³-hybridized carbons (Fsp3) is 0.147. The van der Waals surface area contributed by atoms with Crippen molar-refractivity contribution in [1.29, 1.82) is 0 Å². The Morgan fingerprint density at radius 1 is 0.977 bits per heavy atom. The van der Waals surface area contributed by atoms with E-state index in [1.807, 2.05) is 72.8 Å². The van der Waals surface area contributed by atoms with Gasteiger partial charge in [0, 0.05) is 22.6 Å². The van der Waals surface area contributed by atoms with Crippen molar-refractivity contribution in [2.75, 3.05) is 20.0 Å². The van der Waals surface area contributed by atoms with E-state index < -0.39 is 0 Å². The minimum Gasteiger partial charge on any atom is -0.493 e. The van der Waals surface area contributed by atoms with Crippen molar-refractivity contribution in [3.8, 4) is 17.2 Å². The van der Waals surface area contributed by atoms with Gasteiger partial charge in [0.25, 0.3) is 5.91 Å². The Labute approximate surface area is 258 Å². The lowest BCUT2D eigenvalue weighted by molar-refractivity contribution is -0.118. The molecule has 0 saturated carbocycles. The van der Waals surface area contributed by atoms with Gasteiger partial charge < -0.3 is 14.2 Å². The third-order valence-corrected chi connectivity index (χ3v) is 9.33. The number of nitrogens with one attached hydrogen (secondary N) is 1. The highest BCUT2D eigenvalue weighted by Gasteiger charge is 2.32. The molecule has 7 nitrogen and oxygen atoms in total.